The van der Waals surface area contributed by atoms with E-state index in [2.05, 4.69) is 10.3 Å². The van der Waals surface area contributed by atoms with E-state index in [-0.39, 0.29) is 18.4 Å². The van der Waals surface area contributed by atoms with Gasteiger partial charge < -0.3 is 19.7 Å². The summed E-state index contributed by atoms with van der Waals surface area (Å²) in [5, 5.41) is 2.78. The highest BCUT2D eigenvalue weighted by atomic mass is 16.5. The summed E-state index contributed by atoms with van der Waals surface area (Å²) in [7, 11) is 3.05. The molecule has 2 rings (SSSR count). The Morgan fingerprint density at radius 3 is 2.52 bits per heavy atom. The Kier molecular flexibility index (Phi) is 6.33. The number of nitrogens with zero attached hydrogens (tertiary/aromatic N) is 2. The lowest BCUT2D eigenvalue weighted by Gasteiger charge is -2.22. The molecule has 7 heteroatoms. The molecule has 0 atom stereocenters. The van der Waals surface area contributed by atoms with E-state index in [1.165, 1.54) is 26.0 Å². The van der Waals surface area contributed by atoms with Crippen LogP contribution in [-0.4, -0.2) is 37.6 Å². The smallest absolute Gasteiger partial charge is 0.240 e. The van der Waals surface area contributed by atoms with Crippen LogP contribution in [0.15, 0.2) is 42.7 Å². The molecule has 2 amide bonds. The van der Waals surface area contributed by atoms with Gasteiger partial charge in [-0.1, -0.05) is 6.07 Å². The summed E-state index contributed by atoms with van der Waals surface area (Å²) >= 11 is 0. The van der Waals surface area contributed by atoms with Crippen molar-refractivity contribution in [2.75, 3.05) is 25.7 Å². The molecular formula is C18H21N3O4. The van der Waals surface area contributed by atoms with Crippen LogP contribution in [0.1, 0.15) is 12.5 Å². The van der Waals surface area contributed by atoms with Gasteiger partial charge in [-0.3, -0.25) is 14.6 Å². The fraction of sp³-hybridized carbons (Fsp3) is 0.278. The third-order valence-electron chi connectivity index (χ3n) is 3.57. The van der Waals surface area contributed by atoms with Crippen LogP contribution in [0.4, 0.5) is 5.69 Å². The van der Waals surface area contributed by atoms with Crippen LogP contribution >= 0.6 is 0 Å². The maximum absolute atomic E-state index is 12.2. The predicted octanol–water partition coefficient (Wildman–Crippen LogP) is 1.77. The van der Waals surface area contributed by atoms with E-state index >= 15 is 0 Å². The Hall–Kier alpha value is -3.09. The zero-order valence-corrected chi connectivity index (χ0v) is 14.5. The summed E-state index contributed by atoms with van der Waals surface area (Å²) in [6.07, 6.45) is 3.34. The Morgan fingerprint density at radius 1 is 1.16 bits per heavy atom. The maximum Gasteiger partial charge on any atom is 0.240 e. The lowest BCUT2D eigenvalue weighted by Crippen LogP contribution is -2.39. The molecule has 2 aromatic rings. The summed E-state index contributed by atoms with van der Waals surface area (Å²) in [6, 6.07) is 8.72. The van der Waals surface area contributed by atoms with E-state index in [0.29, 0.717) is 23.7 Å². The zero-order valence-electron chi connectivity index (χ0n) is 14.5. The number of anilines is 1. The molecule has 0 radical (unpaired) electrons. The van der Waals surface area contributed by atoms with Crippen molar-refractivity contribution in [2.24, 2.45) is 0 Å². The van der Waals surface area contributed by atoms with Gasteiger partial charge >= 0.3 is 0 Å². The fourth-order valence-electron chi connectivity index (χ4n) is 2.28. The quantitative estimate of drug-likeness (QED) is 0.829. The van der Waals surface area contributed by atoms with Crippen molar-refractivity contribution in [1.82, 2.24) is 10.3 Å². The van der Waals surface area contributed by atoms with Crippen molar-refractivity contribution in [1.29, 1.82) is 0 Å². The molecular weight excluding hydrogens is 322 g/mol. The van der Waals surface area contributed by atoms with Gasteiger partial charge in [0.25, 0.3) is 0 Å². The zero-order chi connectivity index (χ0) is 18.2. The molecule has 1 N–H and O–H groups in total. The van der Waals surface area contributed by atoms with Crippen molar-refractivity contribution in [3.05, 3.63) is 48.3 Å². The number of pyridine rings is 1. The van der Waals surface area contributed by atoms with E-state index in [9.17, 15) is 9.59 Å². The van der Waals surface area contributed by atoms with Crippen LogP contribution in [0.5, 0.6) is 11.5 Å². The first kappa shape index (κ1) is 18.3. The first-order chi connectivity index (χ1) is 12.0. The van der Waals surface area contributed by atoms with Gasteiger partial charge in [-0.15, -0.1) is 0 Å². The highest BCUT2D eigenvalue weighted by molar-refractivity contribution is 5.97. The number of ether oxygens (including phenoxy) is 2. The molecule has 25 heavy (non-hydrogen) atoms. The molecule has 0 saturated heterocycles. The van der Waals surface area contributed by atoms with Crippen LogP contribution in [0, 0.1) is 0 Å². The van der Waals surface area contributed by atoms with Crippen molar-refractivity contribution in [3.8, 4) is 11.5 Å². The van der Waals surface area contributed by atoms with Crippen LogP contribution in [0.2, 0.25) is 0 Å². The van der Waals surface area contributed by atoms with Gasteiger partial charge in [0.05, 0.1) is 14.2 Å². The summed E-state index contributed by atoms with van der Waals surface area (Å²) in [5.41, 5.74) is 1.44. The minimum Gasteiger partial charge on any atom is -0.493 e. The van der Waals surface area contributed by atoms with Gasteiger partial charge in [0.15, 0.2) is 11.5 Å². The van der Waals surface area contributed by atoms with E-state index < -0.39 is 0 Å². The molecule has 132 valence electrons. The summed E-state index contributed by atoms with van der Waals surface area (Å²) in [4.78, 5) is 29.5. The predicted molar refractivity (Wildman–Crippen MR) is 93.7 cm³/mol. The number of hydrogen-bond acceptors (Lipinski definition) is 5. The fourth-order valence-corrected chi connectivity index (χ4v) is 2.28. The van der Waals surface area contributed by atoms with E-state index in [1.807, 2.05) is 6.07 Å². The Labute approximate surface area is 146 Å². The number of carbonyl (C=O) groups excluding carboxylic acids is 2. The molecule has 0 fully saturated rings. The molecule has 1 aromatic carbocycles. The normalized spacial score (nSPS) is 10.0. The maximum atomic E-state index is 12.2. The third kappa shape index (κ3) is 4.94. The number of hydrogen-bond donors (Lipinski definition) is 1. The van der Waals surface area contributed by atoms with E-state index in [1.54, 1.807) is 36.7 Å². The van der Waals surface area contributed by atoms with Gasteiger partial charge in [-0.2, -0.15) is 0 Å². The monoisotopic (exact) mass is 343 g/mol. The lowest BCUT2D eigenvalue weighted by molar-refractivity contribution is -0.123. The topological polar surface area (TPSA) is 80.8 Å². The molecule has 0 saturated carbocycles. The van der Waals surface area contributed by atoms with E-state index in [4.69, 9.17) is 9.47 Å². The molecule has 1 aromatic heterocycles. The third-order valence-corrected chi connectivity index (χ3v) is 3.57. The first-order valence-corrected chi connectivity index (χ1v) is 7.71. The molecule has 0 aliphatic heterocycles. The summed E-state index contributed by atoms with van der Waals surface area (Å²) in [6.45, 7) is 1.67. The number of nitrogens with one attached hydrogen (secondary N) is 1. The largest absolute Gasteiger partial charge is 0.493 e. The minimum absolute atomic E-state index is 0.0922. The summed E-state index contributed by atoms with van der Waals surface area (Å²) < 4.78 is 10.4. The second kappa shape index (κ2) is 8.68. The van der Waals surface area contributed by atoms with Crippen LogP contribution in [0.25, 0.3) is 0 Å². The number of methoxy groups -OCH3 is 2. The van der Waals surface area contributed by atoms with Crippen LogP contribution < -0.4 is 19.7 Å². The first-order valence-electron chi connectivity index (χ1n) is 7.71. The number of rotatable bonds is 7. The lowest BCUT2D eigenvalue weighted by atomic mass is 10.2. The number of carbonyl (C=O) groups is 2. The standard InChI is InChI=1S/C18H21N3O4/c1-13(22)21(15-6-7-16(24-2)17(9-15)25-3)12-18(23)20-11-14-5-4-8-19-10-14/h4-10H,11-12H2,1-3H3,(H,20,23). The van der Waals surface area contributed by atoms with Gasteiger partial charge in [-0.05, 0) is 23.8 Å². The van der Waals surface area contributed by atoms with Crippen LogP contribution in [0.3, 0.4) is 0 Å². The average molecular weight is 343 g/mol. The minimum atomic E-state index is -0.270. The average Bonchev–Trinajstić information content (AvgIpc) is 2.64. The van der Waals surface area contributed by atoms with Crippen molar-refractivity contribution >= 4 is 17.5 Å². The van der Waals surface area contributed by atoms with Crippen LogP contribution in [-0.2, 0) is 16.1 Å². The molecule has 0 bridgehead atoms. The Bertz CT molecular complexity index is 734. The second-order valence-corrected chi connectivity index (χ2v) is 5.28. The highest BCUT2D eigenvalue weighted by Crippen LogP contribution is 2.31. The van der Waals surface area contributed by atoms with Gasteiger partial charge in [-0.25, -0.2) is 0 Å². The highest BCUT2D eigenvalue weighted by Gasteiger charge is 2.17. The second-order valence-electron chi connectivity index (χ2n) is 5.28. The number of benzene rings is 1. The van der Waals surface area contributed by atoms with E-state index in [0.717, 1.165) is 5.56 Å². The molecule has 0 aliphatic rings. The molecule has 7 nitrogen and oxygen atoms in total. The number of aromatic nitrogens is 1. The molecule has 0 spiro atoms. The van der Waals surface area contributed by atoms with Crippen molar-refractivity contribution in [3.63, 3.8) is 0 Å². The van der Waals surface area contributed by atoms with Crippen molar-refractivity contribution in [2.45, 2.75) is 13.5 Å². The molecule has 0 aliphatic carbocycles. The molecule has 1 heterocycles. The number of amides is 2. The van der Waals surface area contributed by atoms with Gasteiger partial charge in [0.1, 0.15) is 6.54 Å². The Balaban J connectivity index is 2.07. The van der Waals surface area contributed by atoms with Gasteiger partial charge in [0.2, 0.25) is 11.8 Å². The van der Waals surface area contributed by atoms with Gasteiger partial charge in [0, 0.05) is 37.6 Å². The van der Waals surface area contributed by atoms with Crippen molar-refractivity contribution < 1.29 is 19.1 Å². The Morgan fingerprint density at radius 2 is 1.92 bits per heavy atom. The molecule has 0 unspecified atom stereocenters. The SMILES string of the molecule is COc1ccc(N(CC(=O)NCc2cccnc2)C(C)=O)cc1OC. The summed E-state index contributed by atoms with van der Waals surface area (Å²) in [5.74, 6) is 0.524.